The number of carbonyl (C=O) groups excluding carboxylic acids is 1. The molecule has 0 radical (unpaired) electrons. The van der Waals surface area contributed by atoms with Crippen LogP contribution >= 0.6 is 0 Å². The number of para-hydroxylation sites is 1. The van der Waals surface area contributed by atoms with Crippen LogP contribution in [0.2, 0.25) is 0 Å². The molecule has 2 heterocycles. The highest BCUT2D eigenvalue weighted by atomic mass is 16.6. The fourth-order valence-corrected chi connectivity index (χ4v) is 5.15. The average molecular weight is 589 g/mol. The van der Waals surface area contributed by atoms with E-state index in [4.69, 9.17) is 4.74 Å². The molecule has 0 aliphatic carbocycles. The van der Waals surface area contributed by atoms with Crippen molar-refractivity contribution in [3.05, 3.63) is 118 Å². The number of nitrogens with zero attached hydrogens (tertiary/aromatic N) is 6. The number of nitro groups is 1. The molecule has 1 unspecified atom stereocenters. The summed E-state index contributed by atoms with van der Waals surface area (Å²) in [5.41, 5.74) is 6.30. The van der Waals surface area contributed by atoms with Gasteiger partial charge in [0.2, 0.25) is 5.82 Å². The molecule has 0 bridgehead atoms. The molecule has 1 amide bonds. The van der Waals surface area contributed by atoms with E-state index in [-0.39, 0.29) is 17.6 Å². The van der Waals surface area contributed by atoms with Crippen LogP contribution in [-0.2, 0) is 6.54 Å². The third kappa shape index (κ3) is 5.60. The standard InChI is InChI=1S/C32H28N8O4/c1-3-44-32-34-28-10-6-9-27(31(41)33-20(2)22-15-17-24(18-16-22)40(42)43)29(28)39(32)19-21-11-13-23(14-12-21)25-7-4-5-8-26(25)30-35-37-38-36-30/h4-18,20H,3,19H2,1-2H3,(H,33,41)(H,35,36,37,38). The zero-order valence-electron chi connectivity index (χ0n) is 24.0. The number of nitrogens with one attached hydrogen (secondary N) is 2. The minimum atomic E-state index is -0.451. The number of hydrogen-bond donors (Lipinski definition) is 2. The Bertz CT molecular complexity index is 1930. The molecule has 1 atom stereocenters. The molecule has 0 spiro atoms. The fraction of sp³-hybridized carbons (Fsp3) is 0.156. The monoisotopic (exact) mass is 588 g/mol. The van der Waals surface area contributed by atoms with Crippen molar-refractivity contribution in [2.75, 3.05) is 6.61 Å². The lowest BCUT2D eigenvalue weighted by Gasteiger charge is -2.16. The molecule has 12 heteroatoms. The molecule has 0 aliphatic rings. The predicted octanol–water partition coefficient (Wildman–Crippen LogP) is 5.73. The van der Waals surface area contributed by atoms with Gasteiger partial charge in [-0.25, -0.2) is 0 Å². The van der Waals surface area contributed by atoms with E-state index in [0.29, 0.717) is 41.6 Å². The van der Waals surface area contributed by atoms with E-state index < -0.39 is 4.92 Å². The number of ether oxygens (including phenoxy) is 1. The van der Waals surface area contributed by atoms with Gasteiger partial charge in [0.15, 0.2) is 0 Å². The topological polar surface area (TPSA) is 154 Å². The Morgan fingerprint density at radius 2 is 1.75 bits per heavy atom. The lowest BCUT2D eigenvalue weighted by Crippen LogP contribution is -2.27. The van der Waals surface area contributed by atoms with Crippen molar-refractivity contribution in [2.45, 2.75) is 26.4 Å². The van der Waals surface area contributed by atoms with Crippen LogP contribution in [-0.4, -0.2) is 47.6 Å². The van der Waals surface area contributed by atoms with Crippen molar-refractivity contribution in [2.24, 2.45) is 0 Å². The predicted molar refractivity (Wildman–Crippen MR) is 164 cm³/mol. The Morgan fingerprint density at radius 1 is 1.00 bits per heavy atom. The van der Waals surface area contributed by atoms with Crippen molar-refractivity contribution in [3.8, 4) is 28.5 Å². The Balaban J connectivity index is 1.30. The summed E-state index contributed by atoms with van der Waals surface area (Å²) in [6.45, 7) is 4.55. The van der Waals surface area contributed by atoms with Crippen LogP contribution < -0.4 is 10.1 Å². The molecule has 0 saturated heterocycles. The number of aromatic nitrogens is 6. The quantitative estimate of drug-likeness (QED) is 0.152. The Labute approximate surface area is 251 Å². The normalized spacial score (nSPS) is 11.8. The summed E-state index contributed by atoms with van der Waals surface area (Å²) in [7, 11) is 0. The number of fused-ring (bicyclic) bond motifs is 1. The largest absolute Gasteiger partial charge is 0.465 e. The van der Waals surface area contributed by atoms with E-state index in [1.54, 1.807) is 24.3 Å². The third-order valence-corrected chi connectivity index (χ3v) is 7.32. The molecule has 44 heavy (non-hydrogen) atoms. The number of hydrogen-bond acceptors (Lipinski definition) is 8. The van der Waals surface area contributed by atoms with Gasteiger partial charge >= 0.3 is 0 Å². The number of benzene rings is 4. The van der Waals surface area contributed by atoms with E-state index in [0.717, 1.165) is 27.8 Å². The second-order valence-electron chi connectivity index (χ2n) is 10.1. The Hall–Kier alpha value is -5.91. The maximum absolute atomic E-state index is 13.6. The van der Waals surface area contributed by atoms with Gasteiger partial charge in [0.1, 0.15) is 0 Å². The second-order valence-corrected chi connectivity index (χ2v) is 10.1. The van der Waals surface area contributed by atoms with Crippen molar-refractivity contribution in [1.82, 2.24) is 35.5 Å². The van der Waals surface area contributed by atoms with E-state index in [9.17, 15) is 14.9 Å². The first-order chi connectivity index (χ1) is 21.4. The number of nitro benzene ring substituents is 1. The van der Waals surface area contributed by atoms with Crippen molar-refractivity contribution < 1.29 is 14.5 Å². The number of imidazole rings is 1. The van der Waals surface area contributed by atoms with Gasteiger partial charge in [-0.1, -0.05) is 66.7 Å². The average Bonchev–Trinajstić information content (AvgIpc) is 3.70. The van der Waals surface area contributed by atoms with Gasteiger partial charge in [-0.15, -0.1) is 10.2 Å². The molecule has 220 valence electrons. The van der Waals surface area contributed by atoms with Crippen molar-refractivity contribution in [1.29, 1.82) is 0 Å². The minimum Gasteiger partial charge on any atom is -0.465 e. The van der Waals surface area contributed by atoms with Crippen LogP contribution in [0.15, 0.2) is 91.0 Å². The first-order valence-electron chi connectivity index (χ1n) is 14.0. The molecule has 2 N–H and O–H groups in total. The van der Waals surface area contributed by atoms with Gasteiger partial charge in [-0.2, -0.15) is 10.2 Å². The van der Waals surface area contributed by atoms with Crippen LogP contribution in [0, 0.1) is 10.1 Å². The smallest absolute Gasteiger partial charge is 0.297 e. The second kappa shape index (κ2) is 12.1. The van der Waals surface area contributed by atoms with Crippen molar-refractivity contribution in [3.63, 3.8) is 0 Å². The summed E-state index contributed by atoms with van der Waals surface area (Å²) in [6, 6.07) is 27.6. The SMILES string of the molecule is CCOc1nc2cccc(C(=O)NC(C)c3ccc([N+](=O)[O-])cc3)c2n1Cc1ccc(-c2ccccc2-c2nn[nH]n2)cc1. The molecule has 4 aromatic carbocycles. The molecule has 6 aromatic rings. The summed E-state index contributed by atoms with van der Waals surface area (Å²) < 4.78 is 7.81. The van der Waals surface area contributed by atoms with E-state index in [2.05, 4.69) is 30.9 Å². The Kier molecular flexibility index (Phi) is 7.78. The lowest BCUT2D eigenvalue weighted by atomic mass is 9.98. The first kappa shape index (κ1) is 28.2. The van der Waals surface area contributed by atoms with E-state index in [1.165, 1.54) is 12.1 Å². The van der Waals surface area contributed by atoms with Crippen molar-refractivity contribution >= 4 is 22.6 Å². The van der Waals surface area contributed by atoms with Crippen LogP contribution in [0.1, 0.15) is 41.4 Å². The summed E-state index contributed by atoms with van der Waals surface area (Å²) in [6.07, 6.45) is 0. The highest BCUT2D eigenvalue weighted by molar-refractivity contribution is 6.05. The minimum absolute atomic E-state index is 0.00591. The molecular formula is C32H28N8O4. The molecule has 0 fully saturated rings. The van der Waals surface area contributed by atoms with Crippen LogP contribution in [0.25, 0.3) is 33.5 Å². The number of rotatable bonds is 10. The Morgan fingerprint density at radius 3 is 2.43 bits per heavy atom. The molecule has 0 aliphatic heterocycles. The number of aromatic amines is 1. The van der Waals surface area contributed by atoms with E-state index >= 15 is 0 Å². The summed E-state index contributed by atoms with van der Waals surface area (Å²) in [4.78, 5) is 28.9. The maximum Gasteiger partial charge on any atom is 0.297 e. The highest BCUT2D eigenvalue weighted by Crippen LogP contribution is 2.31. The van der Waals surface area contributed by atoms with Crippen LogP contribution in [0.5, 0.6) is 6.01 Å². The zero-order chi connectivity index (χ0) is 30.6. The molecule has 0 saturated carbocycles. The van der Waals surface area contributed by atoms with E-state index in [1.807, 2.05) is 73.0 Å². The number of tetrazole rings is 1. The third-order valence-electron chi connectivity index (χ3n) is 7.32. The number of non-ortho nitro benzene ring substituents is 1. The van der Waals surface area contributed by atoms with Gasteiger partial charge < -0.3 is 10.1 Å². The van der Waals surface area contributed by atoms with Gasteiger partial charge in [-0.05, 0) is 53.4 Å². The van der Waals surface area contributed by atoms with Gasteiger partial charge in [0, 0.05) is 17.7 Å². The molecule has 6 rings (SSSR count). The van der Waals surface area contributed by atoms with Crippen LogP contribution in [0.3, 0.4) is 0 Å². The fourth-order valence-electron chi connectivity index (χ4n) is 5.15. The lowest BCUT2D eigenvalue weighted by molar-refractivity contribution is -0.384. The molecular weight excluding hydrogens is 560 g/mol. The summed E-state index contributed by atoms with van der Waals surface area (Å²) in [5.74, 6) is 0.226. The highest BCUT2D eigenvalue weighted by Gasteiger charge is 2.21. The van der Waals surface area contributed by atoms with Crippen LogP contribution in [0.4, 0.5) is 5.69 Å². The maximum atomic E-state index is 13.6. The summed E-state index contributed by atoms with van der Waals surface area (Å²) in [5, 5.41) is 28.5. The first-order valence-corrected chi connectivity index (χ1v) is 14.0. The number of H-pyrrole nitrogens is 1. The summed E-state index contributed by atoms with van der Waals surface area (Å²) >= 11 is 0. The molecule has 12 nitrogen and oxygen atoms in total. The van der Waals surface area contributed by atoms with Gasteiger partial charge in [0.05, 0.1) is 40.7 Å². The molecule has 2 aromatic heterocycles. The van der Waals surface area contributed by atoms with Gasteiger partial charge in [-0.3, -0.25) is 19.5 Å². The number of amides is 1. The zero-order valence-corrected chi connectivity index (χ0v) is 24.0. The van der Waals surface area contributed by atoms with Gasteiger partial charge in [0.25, 0.3) is 17.6 Å². The number of carbonyl (C=O) groups is 1.